The summed E-state index contributed by atoms with van der Waals surface area (Å²) in [6.07, 6.45) is 7.90. The number of hydrogen-bond acceptors (Lipinski definition) is 7. The third-order valence-corrected chi connectivity index (χ3v) is 8.23. The summed E-state index contributed by atoms with van der Waals surface area (Å²) in [5.41, 5.74) is 3.36. The van der Waals surface area contributed by atoms with Gasteiger partial charge in [-0.05, 0) is 55.8 Å². The van der Waals surface area contributed by atoms with Crippen molar-refractivity contribution >= 4 is 40.2 Å². The second-order valence-electron chi connectivity index (χ2n) is 10.0. The number of nitrogens with one attached hydrogen (secondary N) is 1. The van der Waals surface area contributed by atoms with E-state index in [0.29, 0.717) is 33.0 Å². The van der Waals surface area contributed by atoms with Crippen LogP contribution in [0.15, 0.2) is 36.9 Å². The number of nitriles is 1. The van der Waals surface area contributed by atoms with Crippen molar-refractivity contribution in [1.82, 2.24) is 34.6 Å². The molecule has 2 saturated heterocycles. The summed E-state index contributed by atoms with van der Waals surface area (Å²) in [7, 11) is 0. The summed E-state index contributed by atoms with van der Waals surface area (Å²) < 4.78 is 1.74. The molecule has 0 amide bonds. The van der Waals surface area contributed by atoms with E-state index in [2.05, 4.69) is 35.9 Å². The van der Waals surface area contributed by atoms with Crippen LogP contribution in [0.1, 0.15) is 42.8 Å². The van der Waals surface area contributed by atoms with Crippen LogP contribution in [-0.2, 0) is 6.54 Å². The van der Waals surface area contributed by atoms with E-state index < -0.39 is 0 Å². The third kappa shape index (κ3) is 4.65. The number of rotatable bonds is 6. The Labute approximate surface area is 225 Å². The molecule has 2 aliphatic heterocycles. The highest BCUT2D eigenvalue weighted by Crippen LogP contribution is 2.35. The SMILES string of the molecule is CC(c1ccc(Cl)cc1Cl)n1nc(C#N)c2ncc(N3CC(C4CCCN(Cc5cnc[nH]5)C4)C3)nc21. The molecule has 2 atom stereocenters. The van der Waals surface area contributed by atoms with E-state index in [9.17, 15) is 5.26 Å². The zero-order chi connectivity index (χ0) is 25.5. The molecule has 1 aromatic carbocycles. The lowest BCUT2D eigenvalue weighted by molar-refractivity contribution is 0.113. The van der Waals surface area contributed by atoms with Gasteiger partial charge >= 0.3 is 0 Å². The first kappa shape index (κ1) is 24.2. The molecule has 2 fully saturated rings. The van der Waals surface area contributed by atoms with Gasteiger partial charge in [0, 0.05) is 48.1 Å². The molecule has 0 bridgehead atoms. The number of benzene rings is 1. The molecule has 190 valence electrons. The van der Waals surface area contributed by atoms with Crippen molar-refractivity contribution < 1.29 is 0 Å². The van der Waals surface area contributed by atoms with Crippen LogP contribution in [0.5, 0.6) is 0 Å². The van der Waals surface area contributed by atoms with Crippen LogP contribution in [0.3, 0.4) is 0 Å². The Bertz CT molecular complexity index is 1450. The summed E-state index contributed by atoms with van der Waals surface area (Å²) in [5.74, 6) is 2.12. The Morgan fingerprint density at radius 2 is 2.05 bits per heavy atom. The number of aromatic amines is 1. The topological polar surface area (TPSA) is 103 Å². The van der Waals surface area contributed by atoms with Crippen molar-refractivity contribution in [3.05, 3.63) is 63.9 Å². The van der Waals surface area contributed by atoms with Gasteiger partial charge in [0.2, 0.25) is 0 Å². The van der Waals surface area contributed by atoms with E-state index in [1.807, 2.05) is 19.2 Å². The van der Waals surface area contributed by atoms with E-state index in [1.165, 1.54) is 18.5 Å². The fraction of sp³-hybridized carbons (Fsp3) is 0.423. The Morgan fingerprint density at radius 1 is 1.19 bits per heavy atom. The molecular weight excluding hydrogens is 509 g/mol. The van der Waals surface area contributed by atoms with E-state index >= 15 is 0 Å². The fourth-order valence-corrected chi connectivity index (χ4v) is 6.17. The van der Waals surface area contributed by atoms with Crippen LogP contribution in [0.25, 0.3) is 11.2 Å². The number of aromatic nitrogens is 6. The summed E-state index contributed by atoms with van der Waals surface area (Å²) in [5, 5.41) is 15.3. The number of anilines is 1. The predicted octanol–water partition coefficient (Wildman–Crippen LogP) is 4.69. The van der Waals surface area contributed by atoms with Gasteiger partial charge in [-0.1, -0.05) is 29.3 Å². The summed E-state index contributed by atoms with van der Waals surface area (Å²) in [6, 6.07) is 7.30. The Kier molecular flexibility index (Phi) is 6.49. The Balaban J connectivity index is 1.19. The number of nitrogens with zero attached hydrogens (tertiary/aromatic N) is 8. The number of piperidine rings is 1. The maximum atomic E-state index is 9.65. The number of likely N-dealkylation sites (tertiary alicyclic amines) is 1. The lowest BCUT2D eigenvalue weighted by Gasteiger charge is -2.47. The number of halogens is 2. The van der Waals surface area contributed by atoms with Crippen molar-refractivity contribution in [2.45, 2.75) is 32.4 Å². The average molecular weight is 536 g/mol. The first-order valence-corrected chi connectivity index (χ1v) is 13.3. The quantitative estimate of drug-likeness (QED) is 0.382. The maximum absolute atomic E-state index is 9.65. The minimum absolute atomic E-state index is 0.244. The monoisotopic (exact) mass is 535 g/mol. The molecule has 0 aliphatic carbocycles. The third-order valence-electron chi connectivity index (χ3n) is 7.67. The molecule has 4 aromatic rings. The second kappa shape index (κ2) is 9.93. The zero-order valence-electron chi connectivity index (χ0n) is 20.5. The molecule has 0 saturated carbocycles. The van der Waals surface area contributed by atoms with Crippen molar-refractivity contribution in [3.63, 3.8) is 0 Å². The second-order valence-corrected chi connectivity index (χ2v) is 10.9. The van der Waals surface area contributed by atoms with Crippen molar-refractivity contribution in [3.8, 4) is 6.07 Å². The molecule has 0 radical (unpaired) electrons. The van der Waals surface area contributed by atoms with Gasteiger partial charge in [-0.25, -0.2) is 19.6 Å². The summed E-state index contributed by atoms with van der Waals surface area (Å²) in [4.78, 5) is 21.7. The molecule has 9 nitrogen and oxygen atoms in total. The minimum Gasteiger partial charge on any atom is -0.355 e. The van der Waals surface area contributed by atoms with Crippen molar-refractivity contribution in [2.24, 2.45) is 11.8 Å². The number of fused-ring (bicyclic) bond motifs is 1. The molecule has 1 N–H and O–H groups in total. The largest absolute Gasteiger partial charge is 0.355 e. The first-order chi connectivity index (χ1) is 18.0. The average Bonchev–Trinajstić information content (AvgIpc) is 3.50. The van der Waals surface area contributed by atoms with Crippen molar-refractivity contribution in [1.29, 1.82) is 5.26 Å². The normalized spacial score (nSPS) is 19.6. The van der Waals surface area contributed by atoms with Gasteiger partial charge < -0.3 is 9.88 Å². The van der Waals surface area contributed by atoms with Gasteiger partial charge in [0.05, 0.1) is 18.6 Å². The number of imidazole rings is 1. The van der Waals surface area contributed by atoms with Crippen LogP contribution >= 0.6 is 23.2 Å². The highest BCUT2D eigenvalue weighted by molar-refractivity contribution is 6.35. The van der Waals surface area contributed by atoms with E-state index in [-0.39, 0.29) is 11.7 Å². The van der Waals surface area contributed by atoms with Gasteiger partial charge in [-0.2, -0.15) is 10.4 Å². The zero-order valence-corrected chi connectivity index (χ0v) is 22.0. The van der Waals surface area contributed by atoms with Crippen LogP contribution in [0.4, 0.5) is 5.82 Å². The van der Waals surface area contributed by atoms with Crippen LogP contribution in [-0.4, -0.2) is 60.8 Å². The molecule has 2 unspecified atom stereocenters. The van der Waals surface area contributed by atoms with Gasteiger partial charge in [0.25, 0.3) is 0 Å². The van der Waals surface area contributed by atoms with Gasteiger partial charge in [0.1, 0.15) is 17.4 Å². The lowest BCUT2D eigenvalue weighted by atomic mass is 9.80. The molecule has 5 heterocycles. The van der Waals surface area contributed by atoms with Crippen LogP contribution in [0.2, 0.25) is 10.0 Å². The highest BCUT2D eigenvalue weighted by Gasteiger charge is 2.37. The number of H-pyrrole nitrogens is 1. The fourth-order valence-electron chi connectivity index (χ4n) is 5.60. The molecule has 0 spiro atoms. The Morgan fingerprint density at radius 3 is 2.81 bits per heavy atom. The van der Waals surface area contributed by atoms with Crippen molar-refractivity contribution in [2.75, 3.05) is 31.1 Å². The van der Waals surface area contributed by atoms with Crippen LogP contribution < -0.4 is 4.90 Å². The summed E-state index contributed by atoms with van der Waals surface area (Å²) in [6.45, 7) is 7.07. The van der Waals surface area contributed by atoms with Gasteiger partial charge in [-0.15, -0.1) is 0 Å². The Hall–Kier alpha value is -3.19. The summed E-state index contributed by atoms with van der Waals surface area (Å²) >= 11 is 12.6. The minimum atomic E-state index is -0.244. The van der Waals surface area contributed by atoms with E-state index in [1.54, 1.807) is 29.3 Å². The van der Waals surface area contributed by atoms with E-state index in [0.717, 1.165) is 44.1 Å². The van der Waals surface area contributed by atoms with Gasteiger partial charge in [-0.3, -0.25) is 4.90 Å². The van der Waals surface area contributed by atoms with Gasteiger partial charge in [0.15, 0.2) is 11.3 Å². The number of hydrogen-bond donors (Lipinski definition) is 1. The lowest BCUT2D eigenvalue weighted by Crippen LogP contribution is -2.53. The molecule has 6 rings (SSSR count). The standard InChI is InChI=1S/C26H27Cl2N9/c1-16(21-5-4-19(27)7-22(21)28)37-26-25(23(8-29)34-37)31-10-24(33-26)36-12-18(13-36)17-3-2-6-35(11-17)14-20-9-30-15-32-20/h4-5,7,9-10,15-18H,2-3,6,11-14H2,1H3,(H,30,32). The molecule has 2 aliphatic rings. The van der Waals surface area contributed by atoms with Crippen LogP contribution in [0, 0.1) is 23.2 Å². The van der Waals surface area contributed by atoms with E-state index in [4.69, 9.17) is 28.2 Å². The first-order valence-electron chi connectivity index (χ1n) is 12.5. The maximum Gasteiger partial charge on any atom is 0.190 e. The molecule has 37 heavy (non-hydrogen) atoms. The smallest absolute Gasteiger partial charge is 0.190 e. The predicted molar refractivity (Wildman–Crippen MR) is 143 cm³/mol. The molecule has 11 heteroatoms. The molecule has 3 aromatic heterocycles. The highest BCUT2D eigenvalue weighted by atomic mass is 35.5. The molecular formula is C26H27Cl2N9.